The summed E-state index contributed by atoms with van der Waals surface area (Å²) >= 11 is 0. The number of carbonyl (C=O) groups is 2. The van der Waals surface area contributed by atoms with Crippen LogP contribution >= 0.6 is 0 Å². The van der Waals surface area contributed by atoms with Crippen LogP contribution in [-0.2, 0) is 14.3 Å². The van der Waals surface area contributed by atoms with Gasteiger partial charge in [-0.3, -0.25) is 9.59 Å². The number of ether oxygens (including phenoxy) is 1. The highest BCUT2D eigenvalue weighted by molar-refractivity contribution is 5.84. The molecule has 104 valence electrons. The molecule has 0 atom stereocenters. The average molecular weight is 257 g/mol. The second-order valence-corrected chi connectivity index (χ2v) is 4.52. The lowest BCUT2D eigenvalue weighted by Gasteiger charge is -2.33. The molecule has 0 aromatic rings. The van der Waals surface area contributed by atoms with Crippen molar-refractivity contribution in [1.82, 2.24) is 10.2 Å². The molecular weight excluding hydrogens is 234 g/mol. The van der Waals surface area contributed by atoms with Gasteiger partial charge in [0.25, 0.3) is 0 Å². The molecule has 1 rings (SSSR count). The molecule has 2 amide bonds. The van der Waals surface area contributed by atoms with E-state index < -0.39 is 5.91 Å². The number of piperidine rings is 1. The number of carbonyl (C=O) groups excluding carboxylic acids is 2. The first-order valence-corrected chi connectivity index (χ1v) is 6.51. The minimum Gasteiger partial charge on any atom is -0.372 e. The first-order chi connectivity index (χ1) is 8.65. The van der Waals surface area contributed by atoms with Crippen LogP contribution in [0.5, 0.6) is 0 Å². The Labute approximate surface area is 108 Å². The van der Waals surface area contributed by atoms with Gasteiger partial charge in [-0.15, -0.1) is 0 Å². The first-order valence-electron chi connectivity index (χ1n) is 6.51. The van der Waals surface area contributed by atoms with Crippen LogP contribution in [0.25, 0.3) is 0 Å². The number of primary amides is 1. The number of nitrogens with two attached hydrogens (primary N) is 1. The number of nitrogens with zero attached hydrogens (tertiary/aromatic N) is 1. The minimum absolute atomic E-state index is 0.0149. The zero-order valence-corrected chi connectivity index (χ0v) is 11.0. The van der Waals surface area contributed by atoms with Gasteiger partial charge < -0.3 is 20.7 Å². The third-order valence-electron chi connectivity index (χ3n) is 2.97. The zero-order valence-electron chi connectivity index (χ0n) is 11.0. The van der Waals surface area contributed by atoms with Gasteiger partial charge in [-0.25, -0.2) is 0 Å². The molecule has 1 heterocycles. The van der Waals surface area contributed by atoms with Crippen molar-refractivity contribution in [2.45, 2.75) is 32.2 Å². The molecular formula is C12H23N3O3. The zero-order chi connectivity index (χ0) is 13.4. The monoisotopic (exact) mass is 257 g/mol. The second kappa shape index (κ2) is 8.05. The number of amides is 2. The average Bonchev–Trinajstić information content (AvgIpc) is 2.37. The van der Waals surface area contributed by atoms with Crippen molar-refractivity contribution in [2.24, 2.45) is 5.73 Å². The summed E-state index contributed by atoms with van der Waals surface area (Å²) in [5.74, 6) is -0.619. The van der Waals surface area contributed by atoms with Crippen LogP contribution in [0.4, 0.5) is 0 Å². The van der Waals surface area contributed by atoms with Gasteiger partial charge in [-0.2, -0.15) is 0 Å². The molecule has 1 aliphatic rings. The van der Waals surface area contributed by atoms with E-state index in [9.17, 15) is 9.59 Å². The van der Waals surface area contributed by atoms with Crippen LogP contribution in [0.2, 0.25) is 0 Å². The molecule has 0 radical (unpaired) electrons. The van der Waals surface area contributed by atoms with Crippen molar-refractivity contribution in [2.75, 3.05) is 32.8 Å². The third-order valence-corrected chi connectivity index (χ3v) is 2.97. The van der Waals surface area contributed by atoms with Crippen molar-refractivity contribution >= 4 is 11.8 Å². The van der Waals surface area contributed by atoms with Gasteiger partial charge in [0.1, 0.15) is 6.61 Å². The molecule has 0 bridgehead atoms. The Hall–Kier alpha value is -1.14. The summed E-state index contributed by atoms with van der Waals surface area (Å²) in [4.78, 5) is 24.7. The molecule has 0 spiro atoms. The number of hydrogen-bond acceptors (Lipinski definition) is 4. The fourth-order valence-corrected chi connectivity index (χ4v) is 2.09. The number of rotatable bonds is 7. The van der Waals surface area contributed by atoms with Crippen LogP contribution < -0.4 is 11.1 Å². The molecule has 0 aromatic heterocycles. The molecule has 1 aliphatic heterocycles. The van der Waals surface area contributed by atoms with Gasteiger partial charge in [0.2, 0.25) is 11.8 Å². The molecule has 0 unspecified atom stereocenters. The van der Waals surface area contributed by atoms with E-state index >= 15 is 0 Å². The Kier molecular flexibility index (Phi) is 6.67. The second-order valence-electron chi connectivity index (χ2n) is 4.52. The summed E-state index contributed by atoms with van der Waals surface area (Å²) in [7, 11) is 0. The van der Waals surface area contributed by atoms with E-state index in [0.717, 1.165) is 32.4 Å². The predicted molar refractivity (Wildman–Crippen MR) is 67.9 cm³/mol. The maximum atomic E-state index is 12.0. The highest BCUT2D eigenvalue weighted by atomic mass is 16.5. The van der Waals surface area contributed by atoms with Crippen LogP contribution in [0.3, 0.4) is 0 Å². The van der Waals surface area contributed by atoms with Gasteiger partial charge in [0.15, 0.2) is 0 Å². The lowest BCUT2D eigenvalue weighted by atomic mass is 10.0. The Morgan fingerprint density at radius 2 is 2.06 bits per heavy atom. The summed E-state index contributed by atoms with van der Waals surface area (Å²) < 4.78 is 5.24. The minimum atomic E-state index is -0.475. The van der Waals surface area contributed by atoms with E-state index in [4.69, 9.17) is 10.5 Å². The van der Waals surface area contributed by atoms with Crippen molar-refractivity contribution in [3.63, 3.8) is 0 Å². The van der Waals surface area contributed by atoms with Gasteiger partial charge >= 0.3 is 0 Å². The summed E-state index contributed by atoms with van der Waals surface area (Å²) in [6.07, 6.45) is 2.58. The molecule has 1 saturated heterocycles. The summed E-state index contributed by atoms with van der Waals surface area (Å²) in [5.41, 5.74) is 5.20. The van der Waals surface area contributed by atoms with E-state index in [1.165, 1.54) is 0 Å². The SMILES string of the molecule is CCCOCC(=O)N(CC(N)=O)C1CCNCC1. The van der Waals surface area contributed by atoms with Gasteiger partial charge in [0, 0.05) is 12.6 Å². The summed E-state index contributed by atoms with van der Waals surface area (Å²) in [6, 6.07) is 0.0940. The number of nitrogens with one attached hydrogen (secondary N) is 1. The third kappa shape index (κ3) is 5.01. The number of hydrogen-bond donors (Lipinski definition) is 2. The quantitative estimate of drug-likeness (QED) is 0.601. The Morgan fingerprint density at radius 3 is 2.61 bits per heavy atom. The van der Waals surface area contributed by atoms with Crippen LogP contribution in [-0.4, -0.2) is 55.6 Å². The smallest absolute Gasteiger partial charge is 0.249 e. The Bertz CT molecular complexity index is 278. The molecule has 0 saturated carbocycles. The first kappa shape index (κ1) is 14.9. The van der Waals surface area contributed by atoms with Gasteiger partial charge in [0.05, 0.1) is 6.54 Å². The lowest BCUT2D eigenvalue weighted by molar-refractivity contribution is -0.142. The van der Waals surface area contributed by atoms with Gasteiger partial charge in [-0.05, 0) is 32.4 Å². The van der Waals surface area contributed by atoms with E-state index in [1.54, 1.807) is 4.90 Å². The van der Waals surface area contributed by atoms with Crippen molar-refractivity contribution < 1.29 is 14.3 Å². The van der Waals surface area contributed by atoms with E-state index in [1.807, 2.05) is 6.92 Å². The summed E-state index contributed by atoms with van der Waals surface area (Å²) in [6.45, 7) is 4.29. The fourth-order valence-electron chi connectivity index (χ4n) is 2.09. The van der Waals surface area contributed by atoms with Crippen molar-refractivity contribution in [1.29, 1.82) is 0 Å². The molecule has 3 N–H and O–H groups in total. The molecule has 0 aliphatic carbocycles. The topological polar surface area (TPSA) is 84.7 Å². The van der Waals surface area contributed by atoms with Crippen LogP contribution in [0.15, 0.2) is 0 Å². The van der Waals surface area contributed by atoms with Gasteiger partial charge in [-0.1, -0.05) is 6.92 Å². The maximum absolute atomic E-state index is 12.0. The van der Waals surface area contributed by atoms with Crippen LogP contribution in [0, 0.1) is 0 Å². The highest BCUT2D eigenvalue weighted by Gasteiger charge is 2.26. The standard InChI is InChI=1S/C12H23N3O3/c1-2-7-18-9-12(17)15(8-11(13)16)10-3-5-14-6-4-10/h10,14H,2-9H2,1H3,(H2,13,16). The maximum Gasteiger partial charge on any atom is 0.249 e. The van der Waals surface area contributed by atoms with Crippen molar-refractivity contribution in [3.8, 4) is 0 Å². The molecule has 1 fully saturated rings. The van der Waals surface area contributed by atoms with Crippen LogP contribution in [0.1, 0.15) is 26.2 Å². The highest BCUT2D eigenvalue weighted by Crippen LogP contribution is 2.12. The Balaban J connectivity index is 2.52. The van der Waals surface area contributed by atoms with E-state index in [0.29, 0.717) is 6.61 Å². The molecule has 0 aromatic carbocycles. The summed E-state index contributed by atoms with van der Waals surface area (Å²) in [5, 5.41) is 3.23. The molecule has 18 heavy (non-hydrogen) atoms. The lowest BCUT2D eigenvalue weighted by Crippen LogP contribution is -2.50. The fraction of sp³-hybridized carbons (Fsp3) is 0.833. The van der Waals surface area contributed by atoms with Crippen molar-refractivity contribution in [3.05, 3.63) is 0 Å². The largest absolute Gasteiger partial charge is 0.372 e. The Morgan fingerprint density at radius 1 is 1.39 bits per heavy atom. The van der Waals surface area contributed by atoms with E-state index in [-0.39, 0.29) is 25.1 Å². The van der Waals surface area contributed by atoms with E-state index in [2.05, 4.69) is 5.32 Å². The molecule has 6 heteroatoms. The normalized spacial score (nSPS) is 16.5. The predicted octanol–water partition coefficient (Wildman–Crippen LogP) is -0.521. The molecule has 6 nitrogen and oxygen atoms in total.